The summed E-state index contributed by atoms with van der Waals surface area (Å²) in [5, 5.41) is 0. The normalized spacial score (nSPS) is 18.1. The second kappa shape index (κ2) is 8.58. The van der Waals surface area contributed by atoms with Gasteiger partial charge in [0, 0.05) is 24.6 Å². The van der Waals surface area contributed by atoms with Crippen LogP contribution in [0.3, 0.4) is 0 Å². The van der Waals surface area contributed by atoms with Gasteiger partial charge >= 0.3 is 5.69 Å². The third-order valence-electron chi connectivity index (χ3n) is 4.89. The highest BCUT2D eigenvalue weighted by Crippen LogP contribution is 2.32. The van der Waals surface area contributed by atoms with E-state index in [-0.39, 0.29) is 11.8 Å². The van der Waals surface area contributed by atoms with E-state index in [4.69, 9.17) is 18.9 Å². The van der Waals surface area contributed by atoms with E-state index in [9.17, 15) is 4.79 Å². The van der Waals surface area contributed by atoms with Gasteiger partial charge in [-0.25, -0.2) is 4.79 Å². The van der Waals surface area contributed by atoms with Crippen LogP contribution in [-0.2, 0) is 22.4 Å². The van der Waals surface area contributed by atoms with Crippen molar-refractivity contribution in [3.8, 4) is 22.9 Å². The average molecular weight is 384 g/mol. The van der Waals surface area contributed by atoms with Crippen molar-refractivity contribution >= 4 is 0 Å². The first-order valence-corrected chi connectivity index (χ1v) is 9.55. The van der Waals surface area contributed by atoms with E-state index in [1.807, 2.05) is 24.3 Å². The lowest BCUT2D eigenvalue weighted by atomic mass is 9.97. The lowest BCUT2D eigenvalue weighted by molar-refractivity contribution is -0.0936. The third-order valence-corrected chi connectivity index (χ3v) is 4.89. The molecule has 0 aliphatic carbocycles. The zero-order chi connectivity index (χ0) is 19.3. The summed E-state index contributed by atoms with van der Waals surface area (Å²) in [5.74, 6) is 1.14. The van der Waals surface area contributed by atoms with Gasteiger partial charge in [-0.15, -0.1) is 0 Å². The number of aromatic nitrogens is 2. The van der Waals surface area contributed by atoms with E-state index in [1.165, 1.54) is 0 Å². The van der Waals surface area contributed by atoms with Crippen molar-refractivity contribution in [1.82, 2.24) is 9.55 Å². The van der Waals surface area contributed by atoms with Gasteiger partial charge in [0.05, 0.1) is 38.2 Å². The fourth-order valence-corrected chi connectivity index (χ4v) is 3.50. The Bertz CT molecular complexity index is 902. The molecule has 2 aromatic rings. The average Bonchev–Trinajstić information content (AvgIpc) is 2.72. The molecule has 1 atom stereocenters. The molecule has 0 bridgehead atoms. The molecule has 4 rings (SSSR count). The Balaban J connectivity index is 1.51. The van der Waals surface area contributed by atoms with E-state index >= 15 is 0 Å². The largest absolute Gasteiger partial charge is 0.490 e. The molecule has 3 heterocycles. The predicted octanol–water partition coefficient (Wildman–Crippen LogP) is 2.22. The van der Waals surface area contributed by atoms with Crippen molar-refractivity contribution in [2.75, 3.05) is 33.0 Å². The number of benzene rings is 1. The van der Waals surface area contributed by atoms with Crippen molar-refractivity contribution in [3.05, 3.63) is 53.0 Å². The van der Waals surface area contributed by atoms with Gasteiger partial charge in [0.2, 0.25) is 5.88 Å². The summed E-state index contributed by atoms with van der Waals surface area (Å²) in [7, 11) is 0. The highest BCUT2D eigenvalue weighted by atomic mass is 16.6. The quantitative estimate of drug-likeness (QED) is 0.682. The standard InChI is InChI=1S/C21H24N2O5/c1-2-8-26-16-3-4-18-15(12-16)5-7-23-19(18)13-20(22-21(23)24)28-9-6-17-14-25-10-11-27-17/h2-4,12-13,17H,1,5-11,14H2/t17-/m0/s1. The maximum absolute atomic E-state index is 12.5. The molecule has 7 nitrogen and oxygen atoms in total. The third kappa shape index (κ3) is 4.10. The van der Waals surface area contributed by atoms with Crippen molar-refractivity contribution in [1.29, 1.82) is 0 Å². The van der Waals surface area contributed by atoms with Crippen molar-refractivity contribution < 1.29 is 18.9 Å². The lowest BCUT2D eigenvalue weighted by Gasteiger charge is -2.23. The Hall–Kier alpha value is -2.64. The molecule has 7 heteroatoms. The molecule has 0 spiro atoms. The molecule has 1 saturated heterocycles. The number of hydrogen-bond acceptors (Lipinski definition) is 6. The zero-order valence-corrected chi connectivity index (χ0v) is 15.8. The van der Waals surface area contributed by atoms with Crippen molar-refractivity contribution in [3.63, 3.8) is 0 Å². The summed E-state index contributed by atoms with van der Waals surface area (Å²) in [6, 6.07) is 7.75. The minimum atomic E-state index is -0.289. The van der Waals surface area contributed by atoms with Crippen LogP contribution in [0.25, 0.3) is 11.3 Å². The fourth-order valence-electron chi connectivity index (χ4n) is 3.50. The molecule has 28 heavy (non-hydrogen) atoms. The SMILES string of the molecule is C=CCOc1ccc2c(c1)CCn1c-2cc(OCC[C@H]2COCCO2)nc1=O. The zero-order valence-electron chi connectivity index (χ0n) is 15.8. The molecule has 0 saturated carbocycles. The van der Waals surface area contributed by atoms with Gasteiger partial charge in [0.15, 0.2) is 0 Å². The van der Waals surface area contributed by atoms with Crippen LogP contribution in [-0.4, -0.2) is 48.7 Å². The van der Waals surface area contributed by atoms with Crippen LogP contribution >= 0.6 is 0 Å². The van der Waals surface area contributed by atoms with E-state index in [2.05, 4.69) is 11.6 Å². The molecular formula is C21H24N2O5. The fraction of sp³-hybridized carbons (Fsp3) is 0.429. The number of nitrogens with zero attached hydrogens (tertiary/aromatic N) is 2. The minimum absolute atomic E-state index is 0.0298. The van der Waals surface area contributed by atoms with Crippen LogP contribution in [0.4, 0.5) is 0 Å². The van der Waals surface area contributed by atoms with Crippen LogP contribution in [0.15, 0.2) is 41.7 Å². The van der Waals surface area contributed by atoms with Gasteiger partial charge in [-0.2, -0.15) is 4.98 Å². The summed E-state index contributed by atoms with van der Waals surface area (Å²) in [4.78, 5) is 16.5. The Morgan fingerprint density at radius 2 is 2.21 bits per heavy atom. The lowest BCUT2D eigenvalue weighted by Crippen LogP contribution is -2.30. The van der Waals surface area contributed by atoms with Gasteiger partial charge < -0.3 is 18.9 Å². The van der Waals surface area contributed by atoms with Gasteiger partial charge in [-0.05, 0) is 30.2 Å². The molecule has 2 aliphatic rings. The molecular weight excluding hydrogens is 360 g/mol. The number of aryl methyl sites for hydroxylation is 1. The summed E-state index contributed by atoms with van der Waals surface area (Å²) in [6.45, 7) is 6.97. The second-order valence-corrected chi connectivity index (χ2v) is 6.79. The molecule has 1 aromatic heterocycles. The summed E-state index contributed by atoms with van der Waals surface area (Å²) < 4.78 is 24.1. The van der Waals surface area contributed by atoms with E-state index in [1.54, 1.807) is 10.6 Å². The van der Waals surface area contributed by atoms with Crippen molar-refractivity contribution in [2.45, 2.75) is 25.5 Å². The van der Waals surface area contributed by atoms with E-state index < -0.39 is 0 Å². The highest BCUT2D eigenvalue weighted by molar-refractivity contribution is 5.67. The summed E-state index contributed by atoms with van der Waals surface area (Å²) in [5.41, 5.74) is 2.68. The maximum atomic E-state index is 12.5. The summed E-state index contributed by atoms with van der Waals surface area (Å²) in [6.07, 6.45) is 3.20. The Morgan fingerprint density at radius 3 is 3.04 bits per heavy atom. The second-order valence-electron chi connectivity index (χ2n) is 6.79. The van der Waals surface area contributed by atoms with E-state index in [0.29, 0.717) is 51.9 Å². The smallest absolute Gasteiger partial charge is 0.351 e. The van der Waals surface area contributed by atoms with Crippen molar-refractivity contribution in [2.24, 2.45) is 0 Å². The predicted molar refractivity (Wildman–Crippen MR) is 104 cm³/mol. The number of fused-ring (bicyclic) bond motifs is 3. The first-order chi connectivity index (χ1) is 13.7. The maximum Gasteiger partial charge on any atom is 0.351 e. The van der Waals surface area contributed by atoms with Crippen LogP contribution < -0.4 is 15.2 Å². The first kappa shape index (κ1) is 18.7. The summed E-state index contributed by atoms with van der Waals surface area (Å²) >= 11 is 0. The van der Waals surface area contributed by atoms with Crippen LogP contribution in [0.1, 0.15) is 12.0 Å². The molecule has 1 fully saturated rings. The van der Waals surface area contributed by atoms with Crippen LogP contribution in [0.2, 0.25) is 0 Å². The van der Waals surface area contributed by atoms with Gasteiger partial charge in [-0.1, -0.05) is 12.7 Å². The number of rotatable bonds is 7. The van der Waals surface area contributed by atoms with Crippen LogP contribution in [0.5, 0.6) is 11.6 Å². The molecule has 0 N–H and O–H groups in total. The monoisotopic (exact) mass is 384 g/mol. The Morgan fingerprint density at radius 1 is 1.29 bits per heavy atom. The minimum Gasteiger partial charge on any atom is -0.490 e. The Kier molecular flexibility index (Phi) is 5.73. The van der Waals surface area contributed by atoms with Gasteiger partial charge in [0.1, 0.15) is 12.4 Å². The molecule has 2 aliphatic heterocycles. The molecule has 0 unspecified atom stereocenters. The van der Waals surface area contributed by atoms with Gasteiger partial charge in [-0.3, -0.25) is 4.57 Å². The Labute approximate surface area is 163 Å². The number of ether oxygens (including phenoxy) is 4. The molecule has 148 valence electrons. The van der Waals surface area contributed by atoms with Gasteiger partial charge in [0.25, 0.3) is 0 Å². The van der Waals surface area contributed by atoms with Crippen LogP contribution in [0, 0.1) is 0 Å². The topological polar surface area (TPSA) is 71.8 Å². The highest BCUT2D eigenvalue weighted by Gasteiger charge is 2.20. The molecule has 1 aromatic carbocycles. The number of hydrogen-bond donors (Lipinski definition) is 0. The molecule has 0 radical (unpaired) electrons. The first-order valence-electron chi connectivity index (χ1n) is 9.55. The van der Waals surface area contributed by atoms with E-state index in [0.717, 1.165) is 29.0 Å². The molecule has 0 amide bonds.